The number of nitrogens with zero attached hydrogens (tertiary/aromatic N) is 2. The fraction of sp³-hybridized carbons (Fsp3) is 0.692. The summed E-state index contributed by atoms with van der Waals surface area (Å²) in [5.74, 6) is 1.21. The Kier molecular flexibility index (Phi) is 4.51. The van der Waals surface area contributed by atoms with Crippen LogP contribution in [0.25, 0.3) is 0 Å². The van der Waals surface area contributed by atoms with Crippen LogP contribution in [0, 0.1) is 0 Å². The SMILES string of the molecule is CC(C)c1nc(OCC(C)(C)N(C)C)cc(=O)[nH]1. The maximum Gasteiger partial charge on any atom is 0.254 e. The van der Waals surface area contributed by atoms with Crippen molar-refractivity contribution in [3.63, 3.8) is 0 Å². The third kappa shape index (κ3) is 3.84. The summed E-state index contributed by atoms with van der Waals surface area (Å²) in [6.07, 6.45) is 0. The first-order valence-electron chi connectivity index (χ1n) is 6.14. The molecule has 1 N–H and O–H groups in total. The molecule has 1 aromatic rings. The van der Waals surface area contributed by atoms with Crippen molar-refractivity contribution in [1.82, 2.24) is 14.9 Å². The van der Waals surface area contributed by atoms with Gasteiger partial charge >= 0.3 is 0 Å². The van der Waals surface area contributed by atoms with Gasteiger partial charge in [0, 0.05) is 11.5 Å². The molecule has 1 rings (SSSR count). The summed E-state index contributed by atoms with van der Waals surface area (Å²) in [7, 11) is 3.99. The molecule has 0 aliphatic rings. The Morgan fingerprint density at radius 1 is 1.44 bits per heavy atom. The summed E-state index contributed by atoms with van der Waals surface area (Å²) >= 11 is 0. The molecule has 0 saturated heterocycles. The lowest BCUT2D eigenvalue weighted by atomic mass is 10.1. The van der Waals surface area contributed by atoms with Gasteiger partial charge in [-0.1, -0.05) is 13.8 Å². The fourth-order valence-corrected chi connectivity index (χ4v) is 1.18. The van der Waals surface area contributed by atoms with Crippen LogP contribution in [-0.2, 0) is 0 Å². The normalized spacial score (nSPS) is 12.2. The van der Waals surface area contributed by atoms with Crippen molar-refractivity contribution in [1.29, 1.82) is 0 Å². The molecule has 5 heteroatoms. The molecule has 0 aliphatic carbocycles. The van der Waals surface area contributed by atoms with Gasteiger partial charge in [-0.15, -0.1) is 0 Å². The summed E-state index contributed by atoms with van der Waals surface area (Å²) in [5, 5.41) is 0. The molecular formula is C13H23N3O2. The Hall–Kier alpha value is -1.36. The Morgan fingerprint density at radius 2 is 2.06 bits per heavy atom. The molecule has 0 bridgehead atoms. The van der Waals surface area contributed by atoms with Gasteiger partial charge in [-0.25, -0.2) is 0 Å². The minimum absolute atomic E-state index is 0.109. The molecule has 5 nitrogen and oxygen atoms in total. The highest BCUT2D eigenvalue weighted by atomic mass is 16.5. The number of aromatic nitrogens is 2. The lowest BCUT2D eigenvalue weighted by Gasteiger charge is -2.31. The van der Waals surface area contributed by atoms with E-state index in [1.165, 1.54) is 6.07 Å². The van der Waals surface area contributed by atoms with Crippen LogP contribution in [0.2, 0.25) is 0 Å². The standard InChI is InChI=1S/C13H23N3O2/c1-9(2)12-14-10(17)7-11(15-12)18-8-13(3,4)16(5)6/h7,9H,8H2,1-6H3,(H,14,15,17). The van der Waals surface area contributed by atoms with Crippen LogP contribution in [0.15, 0.2) is 10.9 Å². The van der Waals surface area contributed by atoms with Crippen LogP contribution < -0.4 is 10.3 Å². The third-order valence-corrected chi connectivity index (χ3v) is 3.07. The second-order valence-electron chi connectivity index (χ2n) is 5.62. The molecule has 0 saturated carbocycles. The molecule has 0 atom stereocenters. The molecule has 0 aromatic carbocycles. The number of nitrogens with one attached hydrogen (secondary N) is 1. The summed E-state index contributed by atoms with van der Waals surface area (Å²) < 4.78 is 5.63. The van der Waals surface area contributed by atoms with Crippen LogP contribution in [0.3, 0.4) is 0 Å². The van der Waals surface area contributed by atoms with Gasteiger partial charge < -0.3 is 14.6 Å². The molecule has 0 unspecified atom stereocenters. The van der Waals surface area contributed by atoms with Gasteiger partial charge in [-0.2, -0.15) is 4.98 Å². The van der Waals surface area contributed by atoms with E-state index in [1.54, 1.807) is 0 Å². The van der Waals surface area contributed by atoms with Gasteiger partial charge in [0.2, 0.25) is 5.88 Å². The van der Waals surface area contributed by atoms with E-state index in [4.69, 9.17) is 4.74 Å². The van der Waals surface area contributed by atoms with Gasteiger partial charge in [-0.05, 0) is 27.9 Å². The Labute approximate surface area is 108 Å². The van der Waals surface area contributed by atoms with E-state index in [9.17, 15) is 4.79 Å². The molecule has 102 valence electrons. The minimum Gasteiger partial charge on any atom is -0.476 e. The van der Waals surface area contributed by atoms with Crippen LogP contribution in [0.4, 0.5) is 0 Å². The monoisotopic (exact) mass is 253 g/mol. The summed E-state index contributed by atoms with van der Waals surface area (Å²) in [5.41, 5.74) is -0.284. The fourth-order valence-electron chi connectivity index (χ4n) is 1.18. The van der Waals surface area contributed by atoms with Crippen molar-refractivity contribution in [3.8, 4) is 5.88 Å². The first-order valence-corrected chi connectivity index (χ1v) is 6.14. The van der Waals surface area contributed by atoms with Crippen LogP contribution >= 0.6 is 0 Å². The average molecular weight is 253 g/mol. The molecule has 0 radical (unpaired) electrons. The number of ether oxygens (including phenoxy) is 1. The number of likely N-dealkylation sites (N-methyl/N-ethyl adjacent to an activating group) is 1. The van der Waals surface area contributed by atoms with E-state index in [0.29, 0.717) is 18.3 Å². The van der Waals surface area contributed by atoms with Crippen molar-refractivity contribution in [2.45, 2.75) is 39.2 Å². The number of hydrogen-bond acceptors (Lipinski definition) is 4. The highest BCUT2D eigenvalue weighted by molar-refractivity contribution is 5.10. The number of rotatable bonds is 5. The van der Waals surface area contributed by atoms with Crippen molar-refractivity contribution in [2.75, 3.05) is 20.7 Å². The van der Waals surface area contributed by atoms with Crippen molar-refractivity contribution < 1.29 is 4.74 Å². The van der Waals surface area contributed by atoms with Gasteiger partial charge in [0.05, 0.1) is 6.07 Å². The highest BCUT2D eigenvalue weighted by Crippen LogP contribution is 2.14. The lowest BCUT2D eigenvalue weighted by Crippen LogP contribution is -2.43. The molecule has 0 amide bonds. The van der Waals surface area contributed by atoms with Gasteiger partial charge in [0.1, 0.15) is 12.4 Å². The summed E-state index contributed by atoms with van der Waals surface area (Å²) in [6.45, 7) is 8.58. The van der Waals surface area contributed by atoms with Crippen LogP contribution in [-0.4, -0.2) is 41.1 Å². The minimum atomic E-state index is -0.175. The van der Waals surface area contributed by atoms with Gasteiger partial charge in [-0.3, -0.25) is 4.79 Å². The largest absolute Gasteiger partial charge is 0.476 e. The van der Waals surface area contributed by atoms with Crippen LogP contribution in [0.1, 0.15) is 39.4 Å². The quantitative estimate of drug-likeness (QED) is 0.866. The zero-order chi connectivity index (χ0) is 13.9. The van der Waals surface area contributed by atoms with Gasteiger partial charge in [0.25, 0.3) is 5.56 Å². The number of hydrogen-bond donors (Lipinski definition) is 1. The lowest BCUT2D eigenvalue weighted by molar-refractivity contribution is 0.110. The highest BCUT2D eigenvalue weighted by Gasteiger charge is 2.21. The maximum absolute atomic E-state index is 11.5. The number of H-pyrrole nitrogens is 1. The zero-order valence-electron chi connectivity index (χ0n) is 12.1. The molecule has 0 spiro atoms. The Bertz CT molecular complexity index is 450. The van der Waals surface area contributed by atoms with E-state index in [0.717, 1.165) is 0 Å². The van der Waals surface area contributed by atoms with Crippen molar-refractivity contribution >= 4 is 0 Å². The Morgan fingerprint density at radius 3 is 2.56 bits per heavy atom. The first-order chi connectivity index (χ1) is 8.22. The third-order valence-electron chi connectivity index (χ3n) is 3.07. The van der Waals surface area contributed by atoms with Crippen molar-refractivity contribution in [2.24, 2.45) is 0 Å². The average Bonchev–Trinajstić information content (AvgIpc) is 2.25. The van der Waals surface area contributed by atoms with Crippen molar-refractivity contribution in [3.05, 3.63) is 22.2 Å². The maximum atomic E-state index is 11.5. The molecule has 18 heavy (non-hydrogen) atoms. The molecule has 0 fully saturated rings. The molecule has 0 aliphatic heterocycles. The van der Waals surface area contributed by atoms with Gasteiger partial charge in [0.15, 0.2) is 0 Å². The van der Waals surface area contributed by atoms with Crippen LogP contribution in [0.5, 0.6) is 5.88 Å². The molecule has 1 aromatic heterocycles. The Balaban J connectivity index is 2.83. The van der Waals surface area contributed by atoms with E-state index in [-0.39, 0.29) is 17.0 Å². The van der Waals surface area contributed by atoms with E-state index >= 15 is 0 Å². The smallest absolute Gasteiger partial charge is 0.254 e. The van der Waals surface area contributed by atoms with E-state index in [1.807, 2.05) is 27.9 Å². The predicted molar refractivity (Wildman–Crippen MR) is 72.2 cm³/mol. The topological polar surface area (TPSA) is 58.2 Å². The second kappa shape index (κ2) is 5.52. The molecule has 1 heterocycles. The van der Waals surface area contributed by atoms with E-state index < -0.39 is 0 Å². The molecular weight excluding hydrogens is 230 g/mol. The zero-order valence-corrected chi connectivity index (χ0v) is 12.1. The summed E-state index contributed by atoms with van der Waals surface area (Å²) in [6, 6.07) is 1.39. The first kappa shape index (κ1) is 14.7. The predicted octanol–water partition coefficient (Wildman–Crippen LogP) is 1.61. The second-order valence-corrected chi connectivity index (χ2v) is 5.62. The number of aromatic amines is 1. The summed E-state index contributed by atoms with van der Waals surface area (Å²) in [4.78, 5) is 20.6. The van der Waals surface area contributed by atoms with E-state index in [2.05, 4.69) is 28.7 Å².